The molecule has 1 heterocycles. The van der Waals surface area contributed by atoms with Gasteiger partial charge in [0.15, 0.2) is 0 Å². The zero-order valence-corrected chi connectivity index (χ0v) is 11.1. The van der Waals surface area contributed by atoms with Gasteiger partial charge in [-0.1, -0.05) is 0 Å². The summed E-state index contributed by atoms with van der Waals surface area (Å²) in [6.07, 6.45) is 5.18. The molecule has 1 N–H and O–H groups in total. The van der Waals surface area contributed by atoms with Gasteiger partial charge in [-0.2, -0.15) is 0 Å². The van der Waals surface area contributed by atoms with Crippen LogP contribution in [0.2, 0.25) is 0 Å². The van der Waals surface area contributed by atoms with E-state index < -0.39 is 0 Å². The lowest BCUT2D eigenvalue weighted by atomic mass is 9.85. The van der Waals surface area contributed by atoms with Crippen molar-refractivity contribution in [2.75, 3.05) is 40.3 Å². The van der Waals surface area contributed by atoms with E-state index in [0.29, 0.717) is 12.6 Å². The van der Waals surface area contributed by atoms with Gasteiger partial charge in [0.25, 0.3) is 0 Å². The van der Waals surface area contributed by atoms with E-state index in [1.54, 1.807) is 0 Å². The second kappa shape index (κ2) is 5.83. The molecular weight excluding hydrogens is 214 g/mol. The summed E-state index contributed by atoms with van der Waals surface area (Å²) >= 11 is 0. The second-order valence-electron chi connectivity index (χ2n) is 5.76. The summed E-state index contributed by atoms with van der Waals surface area (Å²) in [6.45, 7) is 3.70. The van der Waals surface area contributed by atoms with Crippen molar-refractivity contribution in [3.05, 3.63) is 0 Å². The molecular formula is C13H25N3O. The molecule has 2 aliphatic rings. The fraction of sp³-hybridized carbons (Fsp3) is 0.923. The molecule has 4 heteroatoms. The van der Waals surface area contributed by atoms with E-state index in [-0.39, 0.29) is 5.91 Å². The minimum Gasteiger partial charge on any atom is -0.354 e. The number of piperazine rings is 1. The Morgan fingerprint density at radius 2 is 2.00 bits per heavy atom. The van der Waals surface area contributed by atoms with E-state index >= 15 is 0 Å². The number of rotatable bonds is 3. The average molecular weight is 239 g/mol. The fourth-order valence-corrected chi connectivity index (χ4v) is 3.18. The minimum atomic E-state index is 0.201. The van der Waals surface area contributed by atoms with Crippen LogP contribution >= 0.6 is 0 Å². The van der Waals surface area contributed by atoms with Crippen LogP contribution in [0.25, 0.3) is 0 Å². The molecule has 98 valence electrons. The number of nitrogens with one attached hydrogen (secondary N) is 1. The molecule has 1 aliphatic heterocycles. The van der Waals surface area contributed by atoms with Gasteiger partial charge in [-0.05, 0) is 45.7 Å². The van der Waals surface area contributed by atoms with Crippen molar-refractivity contribution in [1.82, 2.24) is 15.1 Å². The molecule has 17 heavy (non-hydrogen) atoms. The standard InChI is InChI=1S/C13H25N3O/c1-15(2)9-11-3-5-12(6-4-11)16-8-7-14-13(17)10-16/h11-12H,3-10H2,1-2H3,(H,14,17). The fourth-order valence-electron chi connectivity index (χ4n) is 3.18. The summed E-state index contributed by atoms with van der Waals surface area (Å²) in [7, 11) is 4.31. The molecule has 0 aromatic carbocycles. The van der Waals surface area contributed by atoms with Crippen molar-refractivity contribution in [1.29, 1.82) is 0 Å². The van der Waals surface area contributed by atoms with Crippen LogP contribution in [0.1, 0.15) is 25.7 Å². The molecule has 1 aliphatic carbocycles. The molecule has 2 rings (SSSR count). The number of hydrogen-bond donors (Lipinski definition) is 1. The van der Waals surface area contributed by atoms with Crippen LogP contribution in [0.4, 0.5) is 0 Å². The molecule has 0 aromatic heterocycles. The molecule has 1 saturated carbocycles. The largest absolute Gasteiger partial charge is 0.354 e. The van der Waals surface area contributed by atoms with E-state index in [0.717, 1.165) is 19.0 Å². The summed E-state index contributed by atoms with van der Waals surface area (Å²) in [5.41, 5.74) is 0. The van der Waals surface area contributed by atoms with Gasteiger partial charge in [0.2, 0.25) is 5.91 Å². The van der Waals surface area contributed by atoms with Crippen molar-refractivity contribution >= 4 is 5.91 Å². The Kier molecular flexibility index (Phi) is 4.40. The number of carbonyl (C=O) groups excluding carboxylic acids is 1. The SMILES string of the molecule is CN(C)CC1CCC(N2CCNC(=O)C2)CC1. The zero-order chi connectivity index (χ0) is 12.3. The third-order valence-electron chi connectivity index (χ3n) is 4.02. The number of amides is 1. The molecule has 0 spiro atoms. The molecule has 0 bridgehead atoms. The highest BCUT2D eigenvalue weighted by atomic mass is 16.2. The molecule has 0 unspecified atom stereocenters. The first-order valence-electron chi connectivity index (χ1n) is 6.80. The van der Waals surface area contributed by atoms with E-state index in [4.69, 9.17) is 0 Å². The lowest BCUT2D eigenvalue weighted by Gasteiger charge is -2.39. The summed E-state index contributed by atoms with van der Waals surface area (Å²) in [5.74, 6) is 1.06. The smallest absolute Gasteiger partial charge is 0.234 e. The number of hydrogen-bond acceptors (Lipinski definition) is 3. The van der Waals surface area contributed by atoms with Crippen LogP contribution < -0.4 is 5.32 Å². The normalized spacial score (nSPS) is 31.6. The molecule has 0 atom stereocenters. The van der Waals surface area contributed by atoms with Crippen molar-refractivity contribution in [3.63, 3.8) is 0 Å². The maximum Gasteiger partial charge on any atom is 0.234 e. The second-order valence-corrected chi connectivity index (χ2v) is 5.76. The maximum absolute atomic E-state index is 11.4. The highest BCUT2D eigenvalue weighted by Gasteiger charge is 2.28. The van der Waals surface area contributed by atoms with Gasteiger partial charge in [-0.3, -0.25) is 9.69 Å². The van der Waals surface area contributed by atoms with Crippen molar-refractivity contribution in [3.8, 4) is 0 Å². The van der Waals surface area contributed by atoms with Gasteiger partial charge in [-0.15, -0.1) is 0 Å². The molecule has 0 radical (unpaired) electrons. The summed E-state index contributed by atoms with van der Waals surface area (Å²) in [4.78, 5) is 16.0. The van der Waals surface area contributed by atoms with Crippen LogP contribution in [0.5, 0.6) is 0 Å². The van der Waals surface area contributed by atoms with Crippen LogP contribution in [0.3, 0.4) is 0 Å². The molecule has 1 saturated heterocycles. The predicted octanol–water partition coefficient (Wildman–Crippen LogP) is 0.539. The Morgan fingerprint density at radius 3 is 2.59 bits per heavy atom. The summed E-state index contributed by atoms with van der Waals surface area (Å²) in [6, 6.07) is 0.652. The quantitative estimate of drug-likeness (QED) is 0.781. The van der Waals surface area contributed by atoms with Crippen LogP contribution in [0.15, 0.2) is 0 Å². The van der Waals surface area contributed by atoms with Crippen molar-refractivity contribution < 1.29 is 4.79 Å². The van der Waals surface area contributed by atoms with E-state index in [1.807, 2.05) is 0 Å². The Hall–Kier alpha value is -0.610. The van der Waals surface area contributed by atoms with Gasteiger partial charge in [0, 0.05) is 25.7 Å². The third-order valence-corrected chi connectivity index (χ3v) is 4.02. The molecule has 4 nitrogen and oxygen atoms in total. The van der Waals surface area contributed by atoms with Crippen LogP contribution in [-0.4, -0.2) is 62.0 Å². The van der Waals surface area contributed by atoms with Crippen LogP contribution in [0, 0.1) is 5.92 Å². The highest BCUT2D eigenvalue weighted by molar-refractivity contribution is 5.78. The Bertz CT molecular complexity index is 259. The monoisotopic (exact) mass is 239 g/mol. The number of nitrogens with zero attached hydrogens (tertiary/aromatic N) is 2. The zero-order valence-electron chi connectivity index (χ0n) is 11.1. The van der Waals surface area contributed by atoms with Gasteiger partial charge in [0.1, 0.15) is 0 Å². The van der Waals surface area contributed by atoms with Crippen molar-refractivity contribution in [2.24, 2.45) is 5.92 Å². The van der Waals surface area contributed by atoms with Crippen LogP contribution in [-0.2, 0) is 4.79 Å². The summed E-state index contributed by atoms with van der Waals surface area (Å²) < 4.78 is 0. The van der Waals surface area contributed by atoms with Crippen molar-refractivity contribution in [2.45, 2.75) is 31.7 Å². The molecule has 2 fully saturated rings. The predicted molar refractivity (Wildman–Crippen MR) is 68.9 cm³/mol. The summed E-state index contributed by atoms with van der Waals surface area (Å²) in [5, 5.41) is 2.90. The third kappa shape index (κ3) is 3.68. The van der Waals surface area contributed by atoms with Gasteiger partial charge in [-0.25, -0.2) is 0 Å². The Morgan fingerprint density at radius 1 is 1.29 bits per heavy atom. The lowest BCUT2D eigenvalue weighted by Crippen LogP contribution is -2.52. The van der Waals surface area contributed by atoms with E-state index in [9.17, 15) is 4.79 Å². The maximum atomic E-state index is 11.4. The van der Waals surface area contributed by atoms with Gasteiger partial charge < -0.3 is 10.2 Å². The lowest BCUT2D eigenvalue weighted by molar-refractivity contribution is -0.125. The Labute approximate surface area is 104 Å². The molecule has 0 aromatic rings. The van der Waals surface area contributed by atoms with Gasteiger partial charge in [0.05, 0.1) is 6.54 Å². The Balaban J connectivity index is 1.76. The molecule has 1 amide bonds. The van der Waals surface area contributed by atoms with E-state index in [2.05, 4.69) is 29.2 Å². The first-order chi connectivity index (χ1) is 8.15. The van der Waals surface area contributed by atoms with E-state index in [1.165, 1.54) is 32.2 Å². The number of carbonyl (C=O) groups is 1. The average Bonchev–Trinajstić information content (AvgIpc) is 2.29. The minimum absolute atomic E-state index is 0.201. The topological polar surface area (TPSA) is 35.6 Å². The first kappa shape index (κ1) is 12.8. The first-order valence-corrected chi connectivity index (χ1v) is 6.80. The highest BCUT2D eigenvalue weighted by Crippen LogP contribution is 2.28. The van der Waals surface area contributed by atoms with Gasteiger partial charge >= 0.3 is 0 Å².